The molecule has 0 unspecified atom stereocenters. The molecule has 6 nitrogen and oxygen atoms in total. The number of carbonyl (C=O) groups is 3. The number of alkyl halides is 3. The normalized spacial score (nSPS) is 28.1. The van der Waals surface area contributed by atoms with Crippen LogP contribution in [0.5, 0.6) is 0 Å². The third kappa shape index (κ3) is 2.53. The first-order valence-corrected chi connectivity index (χ1v) is 9.50. The summed E-state index contributed by atoms with van der Waals surface area (Å²) >= 11 is 1.58. The third-order valence-corrected chi connectivity index (χ3v) is 6.52. The number of fused-ring (bicyclic) bond motifs is 4. The molecule has 0 bridgehead atoms. The highest BCUT2D eigenvalue weighted by Gasteiger charge is 2.61. The Balaban J connectivity index is 1.89. The molecule has 2 saturated heterocycles. The van der Waals surface area contributed by atoms with Gasteiger partial charge in [0, 0.05) is 30.8 Å². The Labute approximate surface area is 157 Å². The Kier molecular flexibility index (Phi) is 3.95. The zero-order chi connectivity index (χ0) is 19.6. The Morgan fingerprint density at radius 3 is 2.70 bits per heavy atom. The molecule has 3 aliphatic heterocycles. The van der Waals surface area contributed by atoms with Gasteiger partial charge in [-0.25, -0.2) is 4.79 Å². The second-order valence-corrected chi connectivity index (χ2v) is 8.05. The number of benzene rings is 1. The van der Waals surface area contributed by atoms with Crippen LogP contribution in [-0.4, -0.2) is 53.9 Å². The number of urea groups is 1. The van der Waals surface area contributed by atoms with Crippen LogP contribution >= 0.6 is 11.8 Å². The van der Waals surface area contributed by atoms with Gasteiger partial charge in [-0.15, -0.1) is 0 Å². The van der Waals surface area contributed by atoms with E-state index in [0.717, 1.165) is 22.8 Å². The zero-order valence-corrected chi connectivity index (χ0v) is 15.1. The Morgan fingerprint density at radius 2 is 2.00 bits per heavy atom. The van der Waals surface area contributed by atoms with Gasteiger partial charge in [-0.05, 0) is 30.2 Å². The van der Waals surface area contributed by atoms with E-state index in [1.807, 2.05) is 4.90 Å². The number of barbiturate groups is 1. The van der Waals surface area contributed by atoms with Crippen LogP contribution in [0.4, 0.5) is 23.7 Å². The molecule has 4 rings (SSSR count). The first kappa shape index (κ1) is 18.1. The second kappa shape index (κ2) is 5.88. The standard InChI is InChI=1S/C17H16F3N3O3S/c1-22-14(25)16(13(24)21-15(22)26)7-9-6-10(17(18,19)20)2-3-11(9)23-4-5-27-8-12(16)23/h2-3,6,12H,4-5,7-8H2,1H3,(H,21,24,26)/t12-,16+/m1/s1. The maximum atomic E-state index is 13.2. The number of hydrogen-bond acceptors (Lipinski definition) is 5. The van der Waals surface area contributed by atoms with Gasteiger partial charge in [0.2, 0.25) is 11.8 Å². The first-order valence-electron chi connectivity index (χ1n) is 8.34. The lowest BCUT2D eigenvalue weighted by atomic mass is 9.69. The Hall–Kier alpha value is -2.23. The number of imide groups is 2. The monoisotopic (exact) mass is 399 g/mol. The molecule has 3 heterocycles. The number of halogens is 3. The maximum absolute atomic E-state index is 13.2. The van der Waals surface area contributed by atoms with Crippen molar-refractivity contribution in [2.75, 3.05) is 30.0 Å². The van der Waals surface area contributed by atoms with Crippen molar-refractivity contribution in [2.45, 2.75) is 18.6 Å². The lowest BCUT2D eigenvalue weighted by Crippen LogP contribution is -2.72. The fourth-order valence-corrected chi connectivity index (χ4v) is 5.31. The number of carbonyl (C=O) groups excluding carboxylic acids is 3. The molecule has 0 radical (unpaired) electrons. The van der Waals surface area contributed by atoms with E-state index in [-0.39, 0.29) is 6.42 Å². The molecule has 3 aliphatic rings. The molecule has 10 heteroatoms. The molecule has 27 heavy (non-hydrogen) atoms. The summed E-state index contributed by atoms with van der Waals surface area (Å²) in [4.78, 5) is 40.4. The van der Waals surface area contributed by atoms with Crippen molar-refractivity contribution in [3.8, 4) is 0 Å². The summed E-state index contributed by atoms with van der Waals surface area (Å²) < 4.78 is 39.5. The van der Waals surface area contributed by atoms with E-state index in [0.29, 0.717) is 23.5 Å². The largest absolute Gasteiger partial charge is 0.416 e. The van der Waals surface area contributed by atoms with Gasteiger partial charge in [-0.3, -0.25) is 19.8 Å². The molecule has 2 atom stereocenters. The molecule has 1 aromatic rings. The van der Waals surface area contributed by atoms with Crippen LogP contribution in [0.2, 0.25) is 0 Å². The van der Waals surface area contributed by atoms with Crippen molar-refractivity contribution in [3.05, 3.63) is 29.3 Å². The average molecular weight is 399 g/mol. The molecule has 4 amide bonds. The summed E-state index contributed by atoms with van der Waals surface area (Å²) in [6.07, 6.45) is -4.70. The summed E-state index contributed by atoms with van der Waals surface area (Å²) in [5, 5.41) is 2.20. The van der Waals surface area contributed by atoms with Crippen molar-refractivity contribution in [1.82, 2.24) is 10.2 Å². The van der Waals surface area contributed by atoms with Crippen LogP contribution in [0.3, 0.4) is 0 Å². The van der Waals surface area contributed by atoms with Crippen LogP contribution in [-0.2, 0) is 22.2 Å². The predicted octanol–water partition coefficient (Wildman–Crippen LogP) is 1.88. The number of thioether (sulfide) groups is 1. The van der Waals surface area contributed by atoms with Crippen molar-refractivity contribution in [1.29, 1.82) is 0 Å². The fourth-order valence-electron chi connectivity index (χ4n) is 4.13. The fraction of sp³-hybridized carbons (Fsp3) is 0.471. The third-order valence-electron chi connectivity index (χ3n) is 5.50. The van der Waals surface area contributed by atoms with Crippen molar-refractivity contribution in [3.63, 3.8) is 0 Å². The van der Waals surface area contributed by atoms with Crippen molar-refractivity contribution < 1.29 is 27.6 Å². The molecule has 0 aliphatic carbocycles. The first-order chi connectivity index (χ1) is 12.7. The number of amides is 4. The molecule has 0 saturated carbocycles. The van der Waals surface area contributed by atoms with Crippen LogP contribution < -0.4 is 10.2 Å². The van der Waals surface area contributed by atoms with Crippen molar-refractivity contribution in [2.24, 2.45) is 5.41 Å². The summed E-state index contributed by atoms with van der Waals surface area (Å²) in [5.41, 5.74) is -1.54. The highest BCUT2D eigenvalue weighted by atomic mass is 32.2. The molecule has 1 N–H and O–H groups in total. The van der Waals surface area contributed by atoms with E-state index in [1.54, 1.807) is 11.8 Å². The minimum atomic E-state index is -4.53. The maximum Gasteiger partial charge on any atom is 0.416 e. The van der Waals surface area contributed by atoms with Gasteiger partial charge in [0.1, 0.15) is 0 Å². The summed E-state index contributed by atoms with van der Waals surface area (Å²) in [7, 11) is 1.27. The van der Waals surface area contributed by atoms with Crippen LogP contribution in [0.25, 0.3) is 0 Å². The van der Waals surface area contributed by atoms with Gasteiger partial charge in [0.25, 0.3) is 0 Å². The molecule has 2 fully saturated rings. The SMILES string of the molecule is CN1C(=O)NC(=O)[C@@]2(Cc3cc(C(F)(F)F)ccc3N3CCSC[C@@H]32)C1=O. The number of nitrogens with zero attached hydrogens (tertiary/aromatic N) is 2. The average Bonchev–Trinajstić information content (AvgIpc) is 2.63. The smallest absolute Gasteiger partial charge is 0.365 e. The number of anilines is 1. The summed E-state index contributed by atoms with van der Waals surface area (Å²) in [6, 6.07) is 2.10. The summed E-state index contributed by atoms with van der Waals surface area (Å²) in [5.74, 6) is -0.202. The molecule has 1 aromatic carbocycles. The van der Waals surface area contributed by atoms with E-state index in [2.05, 4.69) is 5.32 Å². The molecular weight excluding hydrogens is 383 g/mol. The van der Waals surface area contributed by atoms with Gasteiger partial charge >= 0.3 is 12.2 Å². The van der Waals surface area contributed by atoms with E-state index in [4.69, 9.17) is 0 Å². The predicted molar refractivity (Wildman–Crippen MR) is 92.3 cm³/mol. The lowest BCUT2D eigenvalue weighted by molar-refractivity contribution is -0.152. The lowest BCUT2D eigenvalue weighted by Gasteiger charge is -2.53. The van der Waals surface area contributed by atoms with E-state index in [9.17, 15) is 27.6 Å². The molecular formula is C17H16F3N3O3S. The Morgan fingerprint density at radius 1 is 1.26 bits per heavy atom. The highest BCUT2D eigenvalue weighted by molar-refractivity contribution is 7.99. The summed E-state index contributed by atoms with van der Waals surface area (Å²) in [6.45, 7) is 0.508. The van der Waals surface area contributed by atoms with E-state index >= 15 is 0 Å². The van der Waals surface area contributed by atoms with Crippen LogP contribution in [0, 0.1) is 5.41 Å². The topological polar surface area (TPSA) is 69.7 Å². The highest BCUT2D eigenvalue weighted by Crippen LogP contribution is 2.47. The number of nitrogens with one attached hydrogen (secondary N) is 1. The zero-order valence-electron chi connectivity index (χ0n) is 14.3. The second-order valence-electron chi connectivity index (χ2n) is 6.90. The quantitative estimate of drug-likeness (QED) is 0.675. The molecule has 0 aromatic heterocycles. The minimum Gasteiger partial charge on any atom is -0.365 e. The van der Waals surface area contributed by atoms with Gasteiger partial charge in [0.15, 0.2) is 5.41 Å². The number of hydrogen-bond donors (Lipinski definition) is 1. The van der Waals surface area contributed by atoms with Gasteiger partial charge in [-0.1, -0.05) is 0 Å². The van der Waals surface area contributed by atoms with E-state index < -0.39 is 41.0 Å². The van der Waals surface area contributed by atoms with E-state index in [1.165, 1.54) is 13.1 Å². The van der Waals surface area contributed by atoms with Crippen LogP contribution in [0.15, 0.2) is 18.2 Å². The Bertz CT molecular complexity index is 860. The minimum absolute atomic E-state index is 0.170. The van der Waals surface area contributed by atoms with Gasteiger partial charge in [0.05, 0.1) is 11.6 Å². The van der Waals surface area contributed by atoms with Crippen molar-refractivity contribution >= 4 is 35.3 Å². The molecule has 1 spiro atoms. The van der Waals surface area contributed by atoms with Gasteiger partial charge < -0.3 is 4.90 Å². The molecule has 144 valence electrons. The van der Waals surface area contributed by atoms with Gasteiger partial charge in [-0.2, -0.15) is 24.9 Å². The van der Waals surface area contributed by atoms with Crippen LogP contribution in [0.1, 0.15) is 11.1 Å². The number of rotatable bonds is 0.